The minimum Gasteiger partial charge on any atom is -0.388 e. The van der Waals surface area contributed by atoms with Crippen molar-refractivity contribution in [3.8, 4) is 6.07 Å². The Morgan fingerprint density at radius 1 is 1.50 bits per heavy atom. The Hall–Kier alpha value is -0.450. The minimum absolute atomic E-state index is 0.0299. The van der Waals surface area contributed by atoms with Gasteiger partial charge in [-0.05, 0) is 13.2 Å². The zero-order chi connectivity index (χ0) is 12.8. The lowest BCUT2D eigenvalue weighted by atomic mass is 10.1. The van der Waals surface area contributed by atoms with Crippen molar-refractivity contribution in [3.63, 3.8) is 0 Å². The van der Waals surface area contributed by atoms with Crippen LogP contribution in [0.4, 0.5) is 13.2 Å². The molecule has 0 amide bonds. The van der Waals surface area contributed by atoms with Crippen LogP contribution in [0.1, 0.15) is 6.92 Å². The molecule has 0 aliphatic heterocycles. The van der Waals surface area contributed by atoms with Crippen LogP contribution in [0, 0.1) is 17.2 Å². The third kappa shape index (κ3) is 6.20. The number of rotatable bonds is 6. The summed E-state index contributed by atoms with van der Waals surface area (Å²) in [5.41, 5.74) is -1.06. The number of nitrogens with one attached hydrogen (secondary N) is 1. The summed E-state index contributed by atoms with van der Waals surface area (Å²) in [4.78, 5) is 0. The van der Waals surface area contributed by atoms with Crippen molar-refractivity contribution in [2.24, 2.45) is 5.92 Å². The largest absolute Gasteiger partial charge is 0.405 e. The highest BCUT2D eigenvalue weighted by Gasteiger charge is 2.39. The van der Waals surface area contributed by atoms with Crippen LogP contribution in [0.25, 0.3) is 0 Å². The van der Waals surface area contributed by atoms with Crippen molar-refractivity contribution < 1.29 is 18.3 Å². The van der Waals surface area contributed by atoms with Crippen LogP contribution in [0.5, 0.6) is 0 Å². The first-order chi connectivity index (χ1) is 7.23. The zero-order valence-corrected chi connectivity index (χ0v) is 9.95. The first kappa shape index (κ1) is 15.6. The van der Waals surface area contributed by atoms with Gasteiger partial charge in [-0.15, -0.1) is 0 Å². The average Bonchev–Trinajstić information content (AvgIpc) is 2.10. The van der Waals surface area contributed by atoms with Gasteiger partial charge >= 0.3 is 6.18 Å². The van der Waals surface area contributed by atoms with E-state index in [1.165, 1.54) is 24.8 Å². The lowest BCUT2D eigenvalue weighted by molar-refractivity contribution is -0.158. The second kappa shape index (κ2) is 6.33. The Kier molecular flexibility index (Phi) is 6.15. The summed E-state index contributed by atoms with van der Waals surface area (Å²) < 4.78 is 36.5. The van der Waals surface area contributed by atoms with Crippen LogP contribution in [-0.4, -0.2) is 42.0 Å². The van der Waals surface area contributed by atoms with E-state index in [9.17, 15) is 18.3 Å². The molecule has 0 aliphatic rings. The molecule has 0 rings (SSSR count). The van der Waals surface area contributed by atoms with Crippen molar-refractivity contribution in [1.82, 2.24) is 5.32 Å². The molecular weight excluding hydrogens is 241 g/mol. The zero-order valence-electron chi connectivity index (χ0n) is 9.14. The van der Waals surface area contributed by atoms with Gasteiger partial charge in [0.15, 0.2) is 5.92 Å². The van der Waals surface area contributed by atoms with Crippen molar-refractivity contribution in [2.45, 2.75) is 18.7 Å². The SMILES string of the molecule is CSCC(C)(O)CNCC(C#N)C(F)(F)F. The molecule has 0 saturated carbocycles. The Labute approximate surface area is 97.0 Å². The van der Waals surface area contributed by atoms with Gasteiger partial charge in [-0.2, -0.15) is 30.2 Å². The van der Waals surface area contributed by atoms with Crippen LogP contribution in [0.3, 0.4) is 0 Å². The molecule has 2 unspecified atom stereocenters. The molecule has 3 nitrogen and oxygen atoms in total. The van der Waals surface area contributed by atoms with E-state index >= 15 is 0 Å². The summed E-state index contributed by atoms with van der Waals surface area (Å²) in [6, 6.07) is 1.19. The van der Waals surface area contributed by atoms with Crippen LogP contribution < -0.4 is 5.32 Å². The van der Waals surface area contributed by atoms with Gasteiger partial charge in [0.25, 0.3) is 0 Å². The lowest BCUT2D eigenvalue weighted by Crippen LogP contribution is -2.43. The van der Waals surface area contributed by atoms with E-state index in [0.717, 1.165) is 0 Å². The molecule has 16 heavy (non-hydrogen) atoms. The van der Waals surface area contributed by atoms with Crippen molar-refractivity contribution >= 4 is 11.8 Å². The second-order valence-electron chi connectivity index (χ2n) is 3.78. The molecule has 0 bridgehead atoms. The maximum Gasteiger partial charge on any atom is 0.405 e. The summed E-state index contributed by atoms with van der Waals surface area (Å²) >= 11 is 1.40. The summed E-state index contributed by atoms with van der Waals surface area (Å²) in [6.07, 6.45) is -2.73. The van der Waals surface area contributed by atoms with Gasteiger partial charge in [0.1, 0.15) is 0 Å². The number of alkyl halides is 3. The van der Waals surface area contributed by atoms with Crippen molar-refractivity contribution in [3.05, 3.63) is 0 Å². The highest BCUT2D eigenvalue weighted by Crippen LogP contribution is 2.24. The van der Waals surface area contributed by atoms with Crippen LogP contribution in [0.15, 0.2) is 0 Å². The van der Waals surface area contributed by atoms with Crippen molar-refractivity contribution in [1.29, 1.82) is 5.26 Å². The van der Waals surface area contributed by atoms with E-state index in [-0.39, 0.29) is 6.54 Å². The van der Waals surface area contributed by atoms with E-state index in [0.29, 0.717) is 5.75 Å². The third-order valence-corrected chi connectivity index (χ3v) is 2.77. The van der Waals surface area contributed by atoms with Crippen LogP contribution >= 0.6 is 11.8 Å². The van der Waals surface area contributed by atoms with E-state index in [1.54, 1.807) is 6.26 Å². The number of aliphatic hydroxyl groups is 1. The first-order valence-corrected chi connectivity index (χ1v) is 6.00. The molecule has 2 N–H and O–H groups in total. The summed E-state index contributed by atoms with van der Waals surface area (Å²) in [7, 11) is 0. The van der Waals surface area contributed by atoms with Gasteiger partial charge in [0, 0.05) is 18.8 Å². The molecule has 0 aromatic heterocycles. The quantitative estimate of drug-likeness (QED) is 0.754. The summed E-state index contributed by atoms with van der Waals surface area (Å²) in [5.74, 6) is -1.61. The third-order valence-electron chi connectivity index (χ3n) is 1.86. The molecule has 2 atom stereocenters. The molecule has 0 spiro atoms. The van der Waals surface area contributed by atoms with Gasteiger partial charge in [-0.3, -0.25) is 0 Å². The normalized spacial score (nSPS) is 17.6. The second-order valence-corrected chi connectivity index (χ2v) is 4.65. The molecular formula is C9H15F3N2OS. The number of nitriles is 1. The van der Waals surface area contributed by atoms with Gasteiger partial charge < -0.3 is 10.4 Å². The van der Waals surface area contributed by atoms with Crippen LogP contribution in [0.2, 0.25) is 0 Å². The maximum absolute atomic E-state index is 12.2. The predicted octanol–water partition coefficient (Wildman–Crippen LogP) is 1.39. The number of hydrogen-bond donors (Lipinski definition) is 2. The van der Waals surface area contributed by atoms with Gasteiger partial charge in [-0.1, -0.05) is 0 Å². The number of hydrogen-bond acceptors (Lipinski definition) is 4. The van der Waals surface area contributed by atoms with E-state index in [4.69, 9.17) is 5.26 Å². The monoisotopic (exact) mass is 256 g/mol. The highest BCUT2D eigenvalue weighted by atomic mass is 32.2. The highest BCUT2D eigenvalue weighted by molar-refractivity contribution is 7.98. The van der Waals surface area contributed by atoms with Gasteiger partial charge in [0.2, 0.25) is 0 Å². The molecule has 0 saturated heterocycles. The molecule has 7 heteroatoms. The average molecular weight is 256 g/mol. The molecule has 0 radical (unpaired) electrons. The van der Waals surface area contributed by atoms with Gasteiger partial charge in [-0.25, -0.2) is 0 Å². The fraction of sp³-hybridized carbons (Fsp3) is 0.889. The van der Waals surface area contributed by atoms with Crippen molar-refractivity contribution in [2.75, 3.05) is 25.1 Å². The molecule has 0 heterocycles. The topological polar surface area (TPSA) is 56.0 Å². The number of thioether (sulfide) groups is 1. The summed E-state index contributed by atoms with van der Waals surface area (Å²) in [6.45, 7) is 1.07. The fourth-order valence-corrected chi connectivity index (χ4v) is 1.81. The van der Waals surface area contributed by atoms with Gasteiger partial charge in [0.05, 0.1) is 11.7 Å². The molecule has 0 aromatic carbocycles. The van der Waals surface area contributed by atoms with E-state index in [1.807, 2.05) is 0 Å². The van der Waals surface area contributed by atoms with E-state index < -0.39 is 24.2 Å². The fourth-order valence-electron chi connectivity index (χ4n) is 1.08. The minimum atomic E-state index is -4.52. The molecule has 0 aliphatic carbocycles. The predicted molar refractivity (Wildman–Crippen MR) is 57.0 cm³/mol. The van der Waals surface area contributed by atoms with E-state index in [2.05, 4.69) is 5.32 Å². The molecule has 0 aromatic rings. The Morgan fingerprint density at radius 3 is 2.44 bits per heavy atom. The standard InChI is InChI=1S/C9H15F3N2OS/c1-8(15,6-16-2)5-14-4-7(3-13)9(10,11)12/h7,14-15H,4-6H2,1-2H3. The summed E-state index contributed by atoms with van der Waals surface area (Å²) in [5, 5.41) is 20.4. The Balaban J connectivity index is 4.03. The smallest absolute Gasteiger partial charge is 0.388 e. The van der Waals surface area contributed by atoms with Crippen LogP contribution in [-0.2, 0) is 0 Å². The number of nitrogens with zero attached hydrogens (tertiary/aromatic N) is 1. The Bertz CT molecular complexity index is 250. The maximum atomic E-state index is 12.2. The lowest BCUT2D eigenvalue weighted by Gasteiger charge is -2.23. The molecule has 0 fully saturated rings. The Morgan fingerprint density at radius 2 is 2.06 bits per heavy atom. The molecule has 94 valence electrons. The first-order valence-electron chi connectivity index (χ1n) is 4.61. The number of halogens is 3.